The van der Waals surface area contributed by atoms with Crippen LogP contribution in [0, 0.1) is 6.07 Å². The fraction of sp³-hybridized carbons (Fsp3) is 0.0870. The van der Waals surface area contributed by atoms with E-state index in [0.717, 1.165) is 35.9 Å². The summed E-state index contributed by atoms with van der Waals surface area (Å²) in [5.74, 6) is 0.797. The van der Waals surface area contributed by atoms with E-state index in [4.69, 9.17) is 0 Å². The fourth-order valence-electron chi connectivity index (χ4n) is 2.89. The number of benzene rings is 2. The molecule has 0 N–H and O–H groups in total. The van der Waals surface area contributed by atoms with Gasteiger partial charge in [0, 0.05) is 32.5 Å². The van der Waals surface area contributed by atoms with Crippen LogP contribution in [0.5, 0.6) is 0 Å². The second-order valence-electron chi connectivity index (χ2n) is 5.96. The van der Waals surface area contributed by atoms with Crippen molar-refractivity contribution in [3.8, 4) is 11.3 Å². The summed E-state index contributed by atoms with van der Waals surface area (Å²) >= 11 is 0. The third-order valence-corrected chi connectivity index (χ3v) is 4.15. The van der Waals surface area contributed by atoms with Crippen molar-refractivity contribution >= 4 is 16.6 Å². The van der Waals surface area contributed by atoms with Crippen molar-refractivity contribution in [2.45, 2.75) is 0 Å². The van der Waals surface area contributed by atoms with Gasteiger partial charge in [-0.15, -0.1) is 35.9 Å². The average Bonchev–Trinajstić information content (AvgIpc) is 3.30. The molecule has 0 bridgehead atoms. The zero-order chi connectivity index (χ0) is 18.3. The van der Waals surface area contributed by atoms with Gasteiger partial charge in [-0.2, -0.15) is 0 Å². The van der Waals surface area contributed by atoms with E-state index in [0.29, 0.717) is 0 Å². The number of fused-ring (bicyclic) bond motifs is 1. The Kier molecular flexibility index (Phi) is 7.01. The molecule has 3 heterocycles. The largest absolute Gasteiger partial charge is 0.464 e. The van der Waals surface area contributed by atoms with Gasteiger partial charge in [-0.25, -0.2) is 0 Å². The summed E-state index contributed by atoms with van der Waals surface area (Å²) in [5.41, 5.74) is 2.92. The van der Waals surface area contributed by atoms with E-state index in [-0.39, 0.29) is 20.1 Å². The van der Waals surface area contributed by atoms with Crippen LogP contribution in [0.3, 0.4) is 0 Å². The molecule has 0 atom stereocenters. The van der Waals surface area contributed by atoms with E-state index in [2.05, 4.69) is 38.5 Å². The maximum absolute atomic E-state index is 4.45. The predicted molar refractivity (Wildman–Crippen MR) is 110 cm³/mol. The molecule has 0 saturated carbocycles. The molecule has 4 nitrogen and oxygen atoms in total. The number of hydrogen-bond acceptors (Lipinski definition) is 3. The van der Waals surface area contributed by atoms with Gasteiger partial charge in [-0.3, -0.25) is 4.98 Å². The molecule has 5 heteroatoms. The third-order valence-electron chi connectivity index (χ3n) is 4.15. The van der Waals surface area contributed by atoms with Gasteiger partial charge in [0.1, 0.15) is 0 Å². The van der Waals surface area contributed by atoms with E-state index in [9.17, 15) is 0 Å². The first-order chi connectivity index (χ1) is 13.4. The number of pyridine rings is 2. The van der Waals surface area contributed by atoms with E-state index in [1.807, 2.05) is 66.9 Å². The molecule has 141 valence electrons. The van der Waals surface area contributed by atoms with Crippen LogP contribution in [0.2, 0.25) is 0 Å². The first-order valence-corrected chi connectivity index (χ1v) is 8.86. The molecule has 2 aromatic heterocycles. The van der Waals surface area contributed by atoms with Crippen LogP contribution in [0.1, 0.15) is 5.69 Å². The van der Waals surface area contributed by atoms with Crippen LogP contribution in [-0.4, -0.2) is 28.9 Å². The standard InChI is InChI=1S/C15H10N.C8H8N3.Ir/c1-2-7-13(8-3-1)15-14-9-5-4-6-12(14)10-11-16-15;1-2-4-9-7(3-1)8-10-5-6-11-8;/h1-7,9-11H;1-4H,5-6H2;/q2*-1;. The van der Waals surface area contributed by atoms with Gasteiger partial charge in [-0.1, -0.05) is 43.4 Å². The summed E-state index contributed by atoms with van der Waals surface area (Å²) in [5, 5.41) is 6.58. The van der Waals surface area contributed by atoms with Crippen molar-refractivity contribution < 1.29 is 20.1 Å². The summed E-state index contributed by atoms with van der Waals surface area (Å²) < 4.78 is 0. The second kappa shape index (κ2) is 9.88. The fourth-order valence-corrected chi connectivity index (χ4v) is 2.89. The quantitative estimate of drug-likeness (QED) is 0.338. The Labute approximate surface area is 178 Å². The number of aliphatic imine (C=N–C) groups is 1. The molecule has 5 rings (SSSR count). The molecule has 1 radical (unpaired) electrons. The minimum atomic E-state index is 0. The van der Waals surface area contributed by atoms with Crippen LogP contribution in [0.4, 0.5) is 0 Å². The molecule has 0 unspecified atom stereocenters. The minimum Gasteiger partial charge on any atom is -0.464 e. The minimum absolute atomic E-state index is 0. The van der Waals surface area contributed by atoms with Crippen molar-refractivity contribution in [3.63, 3.8) is 0 Å². The van der Waals surface area contributed by atoms with Gasteiger partial charge in [0.2, 0.25) is 0 Å². The van der Waals surface area contributed by atoms with E-state index < -0.39 is 0 Å². The van der Waals surface area contributed by atoms with Gasteiger partial charge in [0.05, 0.1) is 5.69 Å². The van der Waals surface area contributed by atoms with Gasteiger partial charge >= 0.3 is 0 Å². The Bertz CT molecular complexity index is 1040. The van der Waals surface area contributed by atoms with E-state index in [1.54, 1.807) is 6.20 Å². The average molecular weight is 543 g/mol. The van der Waals surface area contributed by atoms with Crippen molar-refractivity contribution in [2.24, 2.45) is 4.99 Å². The molecule has 0 saturated heterocycles. The van der Waals surface area contributed by atoms with Crippen LogP contribution in [0.15, 0.2) is 90.2 Å². The van der Waals surface area contributed by atoms with Gasteiger partial charge < -0.3 is 15.3 Å². The number of nitrogens with zero attached hydrogens (tertiary/aromatic N) is 4. The first kappa shape index (κ1) is 19.9. The molecule has 0 spiro atoms. The number of hydrogen-bond donors (Lipinski definition) is 0. The van der Waals surface area contributed by atoms with Crippen LogP contribution in [-0.2, 0) is 20.1 Å². The molecule has 1 aliphatic heterocycles. The summed E-state index contributed by atoms with van der Waals surface area (Å²) in [6.07, 6.45) is 3.60. The van der Waals surface area contributed by atoms with E-state index >= 15 is 0 Å². The van der Waals surface area contributed by atoms with Gasteiger partial charge in [0.15, 0.2) is 0 Å². The van der Waals surface area contributed by atoms with Gasteiger partial charge in [-0.05, 0) is 40.5 Å². The van der Waals surface area contributed by atoms with E-state index in [1.165, 1.54) is 10.8 Å². The Morgan fingerprint density at radius 3 is 2.43 bits per heavy atom. The first-order valence-electron chi connectivity index (χ1n) is 8.86. The molecule has 1 aliphatic rings. The summed E-state index contributed by atoms with van der Waals surface area (Å²) in [6.45, 7) is 1.62. The maximum atomic E-state index is 4.45. The Morgan fingerprint density at radius 1 is 0.821 bits per heavy atom. The Hall–Kier alpha value is -2.88. The van der Waals surface area contributed by atoms with Crippen molar-refractivity contribution in [3.05, 3.63) is 102 Å². The summed E-state index contributed by atoms with van der Waals surface area (Å²) in [4.78, 5) is 12.8. The molecule has 0 amide bonds. The number of amidine groups is 1. The molecule has 4 aromatic rings. The molecular weight excluding hydrogens is 524 g/mol. The molecule has 0 fully saturated rings. The maximum Gasteiger partial charge on any atom is 0.0615 e. The van der Waals surface area contributed by atoms with Crippen molar-refractivity contribution in [1.82, 2.24) is 9.97 Å². The monoisotopic (exact) mass is 543 g/mol. The summed E-state index contributed by atoms with van der Waals surface area (Å²) in [7, 11) is 0. The normalized spacial score (nSPS) is 12.2. The van der Waals surface area contributed by atoms with Crippen LogP contribution < -0.4 is 0 Å². The topological polar surface area (TPSA) is 52.2 Å². The number of rotatable bonds is 2. The zero-order valence-electron chi connectivity index (χ0n) is 15.1. The van der Waals surface area contributed by atoms with Gasteiger partial charge in [0.25, 0.3) is 0 Å². The SMILES string of the molecule is [Ir].[c-]1ccccc1-c1nccc2ccccc12.c1ccc(C2=NCC[N-]2)nc1. The number of aromatic nitrogens is 2. The molecule has 2 aromatic carbocycles. The molecular formula is C23H18IrN4-2. The third kappa shape index (κ3) is 4.69. The second-order valence-corrected chi connectivity index (χ2v) is 5.96. The Balaban J connectivity index is 0.000000165. The van der Waals surface area contributed by atoms with Crippen molar-refractivity contribution in [1.29, 1.82) is 0 Å². The molecule has 0 aliphatic carbocycles. The van der Waals surface area contributed by atoms with Crippen LogP contribution >= 0.6 is 0 Å². The predicted octanol–water partition coefficient (Wildman–Crippen LogP) is 4.91. The van der Waals surface area contributed by atoms with Crippen molar-refractivity contribution in [2.75, 3.05) is 13.1 Å². The smallest absolute Gasteiger partial charge is 0.0615 e. The van der Waals surface area contributed by atoms with Crippen LogP contribution in [0.25, 0.3) is 27.3 Å². The molecule has 28 heavy (non-hydrogen) atoms. The zero-order valence-corrected chi connectivity index (χ0v) is 17.5. The summed E-state index contributed by atoms with van der Waals surface area (Å²) in [6, 6.07) is 27.2. The Morgan fingerprint density at radius 2 is 1.68 bits per heavy atom.